The fourth-order valence-corrected chi connectivity index (χ4v) is 4.42. The normalized spacial score (nSPS) is 22.6. The average molecular weight is 323 g/mol. The van der Waals surface area contributed by atoms with E-state index in [1.165, 1.54) is 19.3 Å². The van der Waals surface area contributed by atoms with Gasteiger partial charge in [-0.2, -0.15) is 0 Å². The van der Waals surface area contributed by atoms with Crippen molar-refractivity contribution in [3.05, 3.63) is 0 Å². The van der Waals surface area contributed by atoms with E-state index in [4.69, 9.17) is 5.73 Å². The van der Waals surface area contributed by atoms with Crippen LogP contribution in [-0.4, -0.2) is 43.9 Å². The molecule has 2 aliphatic rings. The van der Waals surface area contributed by atoms with E-state index in [9.17, 15) is 9.59 Å². The summed E-state index contributed by atoms with van der Waals surface area (Å²) in [4.78, 5) is 26.7. The van der Waals surface area contributed by atoms with Crippen LogP contribution in [0.15, 0.2) is 0 Å². The number of carbonyl (C=O) groups excluding carboxylic acids is 2. The Balaban J connectivity index is 1.92. The van der Waals surface area contributed by atoms with E-state index in [0.717, 1.165) is 38.5 Å². The molecule has 3 N–H and O–H groups in total. The zero-order valence-corrected chi connectivity index (χ0v) is 14.8. The molecule has 0 heterocycles. The first-order valence-corrected chi connectivity index (χ1v) is 9.12. The molecule has 0 saturated heterocycles. The van der Waals surface area contributed by atoms with Gasteiger partial charge in [0, 0.05) is 27.1 Å². The van der Waals surface area contributed by atoms with Crippen molar-refractivity contribution in [2.24, 2.45) is 16.6 Å². The van der Waals surface area contributed by atoms with Crippen molar-refractivity contribution in [1.29, 1.82) is 0 Å². The van der Waals surface area contributed by atoms with Crippen LogP contribution < -0.4 is 11.1 Å². The molecule has 2 saturated carbocycles. The molecule has 5 nitrogen and oxygen atoms in total. The molecule has 0 aromatic carbocycles. The Hall–Kier alpha value is -1.10. The lowest BCUT2D eigenvalue weighted by Gasteiger charge is -2.36. The predicted molar refractivity (Wildman–Crippen MR) is 91.8 cm³/mol. The van der Waals surface area contributed by atoms with Crippen molar-refractivity contribution in [1.82, 2.24) is 10.2 Å². The fraction of sp³-hybridized carbons (Fsp3) is 0.889. The summed E-state index contributed by atoms with van der Waals surface area (Å²) >= 11 is 0. The molecule has 0 bridgehead atoms. The lowest BCUT2D eigenvalue weighted by Crippen LogP contribution is -2.47. The second-order valence-corrected chi connectivity index (χ2v) is 7.91. The van der Waals surface area contributed by atoms with E-state index in [1.807, 2.05) is 0 Å². The van der Waals surface area contributed by atoms with Gasteiger partial charge in [0.1, 0.15) is 0 Å². The Morgan fingerprint density at radius 3 is 2.09 bits per heavy atom. The molecule has 2 rings (SSSR count). The molecule has 0 unspecified atom stereocenters. The number of nitrogens with zero attached hydrogens (tertiary/aromatic N) is 1. The molecular formula is C18H33N3O2. The van der Waals surface area contributed by atoms with Crippen LogP contribution in [0.1, 0.15) is 64.2 Å². The van der Waals surface area contributed by atoms with Crippen LogP contribution in [0.2, 0.25) is 0 Å². The zero-order valence-electron chi connectivity index (χ0n) is 14.8. The lowest BCUT2D eigenvalue weighted by molar-refractivity contribution is -0.139. The molecule has 132 valence electrons. The van der Waals surface area contributed by atoms with Crippen LogP contribution in [-0.2, 0) is 9.59 Å². The summed E-state index contributed by atoms with van der Waals surface area (Å²) < 4.78 is 0. The number of carbonyl (C=O) groups is 2. The van der Waals surface area contributed by atoms with Gasteiger partial charge in [-0.05, 0) is 37.6 Å². The van der Waals surface area contributed by atoms with Crippen molar-refractivity contribution in [2.75, 3.05) is 27.2 Å². The smallest absolute Gasteiger partial charge is 0.230 e. The minimum atomic E-state index is -0.387. The maximum Gasteiger partial charge on any atom is 0.230 e. The summed E-state index contributed by atoms with van der Waals surface area (Å²) in [6, 6.07) is 0. The van der Waals surface area contributed by atoms with Crippen molar-refractivity contribution in [3.8, 4) is 0 Å². The number of hydrogen-bond donors (Lipinski definition) is 2. The lowest BCUT2D eigenvalue weighted by atomic mass is 9.71. The molecule has 2 fully saturated rings. The third-order valence-electron chi connectivity index (χ3n) is 5.93. The summed E-state index contributed by atoms with van der Waals surface area (Å²) in [5.74, 6) is 0.219. The van der Waals surface area contributed by atoms with Crippen LogP contribution in [0, 0.1) is 10.8 Å². The average Bonchev–Trinajstić information content (AvgIpc) is 3.03. The molecule has 5 heteroatoms. The number of nitrogens with two attached hydrogens (primary N) is 1. The van der Waals surface area contributed by atoms with Gasteiger partial charge in [-0.25, -0.2) is 0 Å². The monoisotopic (exact) mass is 323 g/mol. The van der Waals surface area contributed by atoms with E-state index in [2.05, 4.69) is 5.32 Å². The number of nitrogens with one attached hydrogen (secondary N) is 1. The van der Waals surface area contributed by atoms with Gasteiger partial charge in [0.2, 0.25) is 11.8 Å². The molecule has 0 aliphatic heterocycles. The van der Waals surface area contributed by atoms with Crippen LogP contribution in [0.3, 0.4) is 0 Å². The van der Waals surface area contributed by atoms with Gasteiger partial charge in [0.15, 0.2) is 0 Å². The Bertz CT molecular complexity index is 422. The SMILES string of the molecule is CN(C)C(=O)C1(CNC(=O)CC2(CN)CCCCC2)CCCC1. The van der Waals surface area contributed by atoms with Gasteiger partial charge < -0.3 is 16.0 Å². The topological polar surface area (TPSA) is 75.4 Å². The van der Waals surface area contributed by atoms with Gasteiger partial charge in [0.25, 0.3) is 0 Å². The van der Waals surface area contributed by atoms with E-state index in [-0.39, 0.29) is 22.6 Å². The minimum absolute atomic E-state index is 0.0171. The largest absolute Gasteiger partial charge is 0.355 e. The van der Waals surface area contributed by atoms with E-state index < -0.39 is 0 Å². The zero-order chi connectivity index (χ0) is 16.9. The quantitative estimate of drug-likeness (QED) is 0.785. The molecule has 2 amide bonds. The highest BCUT2D eigenvalue weighted by atomic mass is 16.2. The van der Waals surface area contributed by atoms with Gasteiger partial charge >= 0.3 is 0 Å². The van der Waals surface area contributed by atoms with Crippen LogP contribution in [0.5, 0.6) is 0 Å². The standard InChI is InChI=1S/C18H33N3O2/c1-21(2)16(23)18(10-6-7-11-18)14-20-15(22)12-17(13-19)8-4-3-5-9-17/h3-14,19H2,1-2H3,(H,20,22). The third kappa shape index (κ3) is 4.25. The van der Waals surface area contributed by atoms with Crippen molar-refractivity contribution < 1.29 is 9.59 Å². The Labute approximate surface area is 140 Å². The Kier molecular flexibility index (Phi) is 6.06. The Morgan fingerprint density at radius 2 is 1.57 bits per heavy atom. The van der Waals surface area contributed by atoms with Crippen LogP contribution >= 0.6 is 0 Å². The summed E-state index contributed by atoms with van der Waals surface area (Å²) in [5, 5.41) is 3.07. The highest BCUT2D eigenvalue weighted by molar-refractivity contribution is 5.84. The highest BCUT2D eigenvalue weighted by Gasteiger charge is 2.42. The van der Waals surface area contributed by atoms with E-state index >= 15 is 0 Å². The predicted octanol–water partition coefficient (Wildman–Crippen LogP) is 2.05. The van der Waals surface area contributed by atoms with Gasteiger partial charge in [-0.1, -0.05) is 32.1 Å². The van der Waals surface area contributed by atoms with E-state index in [0.29, 0.717) is 19.5 Å². The molecule has 23 heavy (non-hydrogen) atoms. The number of amides is 2. The van der Waals surface area contributed by atoms with Gasteiger partial charge in [-0.3, -0.25) is 9.59 Å². The van der Waals surface area contributed by atoms with Crippen molar-refractivity contribution >= 4 is 11.8 Å². The summed E-state index contributed by atoms with van der Waals surface area (Å²) in [5.41, 5.74) is 5.57. The second kappa shape index (κ2) is 7.65. The van der Waals surface area contributed by atoms with Gasteiger partial charge in [0.05, 0.1) is 5.41 Å². The number of hydrogen-bond acceptors (Lipinski definition) is 3. The molecule has 0 atom stereocenters. The highest BCUT2D eigenvalue weighted by Crippen LogP contribution is 2.40. The Morgan fingerprint density at radius 1 is 1.00 bits per heavy atom. The number of rotatable bonds is 6. The maximum absolute atomic E-state index is 12.5. The van der Waals surface area contributed by atoms with Gasteiger partial charge in [-0.15, -0.1) is 0 Å². The summed E-state index contributed by atoms with van der Waals surface area (Å²) in [7, 11) is 3.60. The van der Waals surface area contributed by atoms with E-state index in [1.54, 1.807) is 19.0 Å². The molecule has 0 aromatic heterocycles. The van der Waals surface area contributed by atoms with Crippen molar-refractivity contribution in [2.45, 2.75) is 64.2 Å². The molecule has 2 aliphatic carbocycles. The first-order chi connectivity index (χ1) is 10.9. The minimum Gasteiger partial charge on any atom is -0.355 e. The fourth-order valence-electron chi connectivity index (χ4n) is 4.42. The second-order valence-electron chi connectivity index (χ2n) is 7.91. The third-order valence-corrected chi connectivity index (χ3v) is 5.93. The van der Waals surface area contributed by atoms with Crippen molar-refractivity contribution in [3.63, 3.8) is 0 Å². The van der Waals surface area contributed by atoms with Crippen LogP contribution in [0.25, 0.3) is 0 Å². The van der Waals surface area contributed by atoms with Crippen LogP contribution in [0.4, 0.5) is 0 Å². The summed E-state index contributed by atoms with van der Waals surface area (Å²) in [6.07, 6.45) is 10.1. The molecule has 0 spiro atoms. The maximum atomic E-state index is 12.5. The molecule has 0 radical (unpaired) electrons. The summed E-state index contributed by atoms with van der Waals surface area (Å²) in [6.45, 7) is 1.06. The first-order valence-electron chi connectivity index (χ1n) is 9.12. The molecular weight excluding hydrogens is 290 g/mol. The molecule has 0 aromatic rings. The first kappa shape index (κ1) is 18.2.